The van der Waals surface area contributed by atoms with Crippen molar-refractivity contribution in [2.24, 2.45) is 5.92 Å². The molecule has 106 valence electrons. The summed E-state index contributed by atoms with van der Waals surface area (Å²) in [6.45, 7) is 17.0. The fourth-order valence-corrected chi connectivity index (χ4v) is 3.34. The maximum absolute atomic E-state index is 3.60. The normalized spacial score (nSPS) is 23.3. The first-order chi connectivity index (χ1) is 8.81. The largest absolute Gasteiger partial charge is 0.364 e. The molecule has 0 spiro atoms. The standard InChI is InChI=1S/C17H28N2/c1-12-7-14(3)16(15(4)8-12)19-10-13(2)9-18-11-17(19,5)6/h7-8,13,18H,9-11H2,1-6H3. The molecule has 0 bridgehead atoms. The third-order valence-corrected chi connectivity index (χ3v) is 4.18. The minimum atomic E-state index is 0.162. The second kappa shape index (κ2) is 5.16. The zero-order chi connectivity index (χ0) is 14.2. The molecule has 0 aliphatic carbocycles. The van der Waals surface area contributed by atoms with Crippen LogP contribution in [0.15, 0.2) is 12.1 Å². The average molecular weight is 260 g/mol. The number of nitrogens with zero attached hydrogens (tertiary/aromatic N) is 1. The van der Waals surface area contributed by atoms with E-state index >= 15 is 0 Å². The quantitative estimate of drug-likeness (QED) is 0.832. The Balaban J connectivity index is 2.48. The molecule has 1 heterocycles. The molecule has 0 aromatic heterocycles. The van der Waals surface area contributed by atoms with E-state index < -0.39 is 0 Å². The number of anilines is 1. The lowest BCUT2D eigenvalue weighted by Crippen LogP contribution is -2.49. The predicted molar refractivity (Wildman–Crippen MR) is 84.1 cm³/mol. The Bertz CT molecular complexity index is 439. The van der Waals surface area contributed by atoms with Crippen molar-refractivity contribution in [3.05, 3.63) is 28.8 Å². The number of hydrogen-bond donors (Lipinski definition) is 1. The fourth-order valence-electron chi connectivity index (χ4n) is 3.34. The smallest absolute Gasteiger partial charge is 0.0470 e. The molecule has 0 saturated carbocycles. The van der Waals surface area contributed by atoms with Gasteiger partial charge in [-0.15, -0.1) is 0 Å². The zero-order valence-corrected chi connectivity index (χ0v) is 13.3. The summed E-state index contributed by atoms with van der Waals surface area (Å²) < 4.78 is 0. The molecule has 0 amide bonds. The van der Waals surface area contributed by atoms with Gasteiger partial charge in [0.05, 0.1) is 0 Å². The molecule has 2 heteroatoms. The highest BCUT2D eigenvalue weighted by Gasteiger charge is 2.32. The Morgan fingerprint density at radius 3 is 2.32 bits per heavy atom. The summed E-state index contributed by atoms with van der Waals surface area (Å²) in [6, 6.07) is 4.61. The van der Waals surface area contributed by atoms with Crippen molar-refractivity contribution in [2.75, 3.05) is 24.5 Å². The summed E-state index contributed by atoms with van der Waals surface area (Å²) >= 11 is 0. The molecule has 2 nitrogen and oxygen atoms in total. The van der Waals surface area contributed by atoms with E-state index in [1.807, 2.05) is 0 Å². The number of nitrogens with one attached hydrogen (secondary N) is 1. The van der Waals surface area contributed by atoms with Crippen LogP contribution in [0.5, 0.6) is 0 Å². The van der Waals surface area contributed by atoms with Gasteiger partial charge in [-0.3, -0.25) is 0 Å². The van der Waals surface area contributed by atoms with Gasteiger partial charge in [-0.2, -0.15) is 0 Å². The van der Waals surface area contributed by atoms with Crippen LogP contribution in [0.2, 0.25) is 0 Å². The van der Waals surface area contributed by atoms with Crippen LogP contribution in [0, 0.1) is 26.7 Å². The SMILES string of the molecule is Cc1cc(C)c(N2CC(C)CNCC2(C)C)c(C)c1. The first-order valence-corrected chi connectivity index (χ1v) is 7.37. The third kappa shape index (κ3) is 2.94. The molecule has 0 radical (unpaired) electrons. The van der Waals surface area contributed by atoms with Crippen molar-refractivity contribution < 1.29 is 0 Å². The van der Waals surface area contributed by atoms with Crippen molar-refractivity contribution >= 4 is 5.69 Å². The van der Waals surface area contributed by atoms with Crippen LogP contribution in [0.4, 0.5) is 5.69 Å². The molecule has 19 heavy (non-hydrogen) atoms. The van der Waals surface area contributed by atoms with Gasteiger partial charge < -0.3 is 10.2 Å². The van der Waals surface area contributed by atoms with E-state index in [2.05, 4.69) is 63.9 Å². The van der Waals surface area contributed by atoms with E-state index in [9.17, 15) is 0 Å². The molecule has 2 rings (SSSR count). The summed E-state index contributed by atoms with van der Waals surface area (Å²) in [5, 5.41) is 3.60. The lowest BCUT2D eigenvalue weighted by atomic mass is 9.96. The number of aryl methyl sites for hydroxylation is 3. The van der Waals surface area contributed by atoms with Crippen LogP contribution in [0.3, 0.4) is 0 Å². The van der Waals surface area contributed by atoms with Gasteiger partial charge in [0.1, 0.15) is 0 Å². The van der Waals surface area contributed by atoms with Gasteiger partial charge in [-0.1, -0.05) is 24.6 Å². The molecule has 1 N–H and O–H groups in total. The van der Waals surface area contributed by atoms with E-state index in [-0.39, 0.29) is 5.54 Å². The lowest BCUT2D eigenvalue weighted by Gasteiger charge is -2.41. The molecule has 1 atom stereocenters. The van der Waals surface area contributed by atoms with E-state index in [0.29, 0.717) is 5.92 Å². The maximum Gasteiger partial charge on any atom is 0.0470 e. The van der Waals surface area contributed by atoms with Gasteiger partial charge in [0.15, 0.2) is 0 Å². The van der Waals surface area contributed by atoms with E-state index in [1.165, 1.54) is 22.4 Å². The molecule has 1 saturated heterocycles. The van der Waals surface area contributed by atoms with Gasteiger partial charge >= 0.3 is 0 Å². The first-order valence-electron chi connectivity index (χ1n) is 7.37. The van der Waals surface area contributed by atoms with E-state index in [0.717, 1.165) is 19.6 Å². The topological polar surface area (TPSA) is 15.3 Å². The van der Waals surface area contributed by atoms with Crippen LogP contribution >= 0.6 is 0 Å². The van der Waals surface area contributed by atoms with Crippen molar-refractivity contribution in [3.63, 3.8) is 0 Å². The van der Waals surface area contributed by atoms with Crippen LogP contribution in [0.1, 0.15) is 37.5 Å². The summed E-state index contributed by atoms with van der Waals surface area (Å²) in [6.07, 6.45) is 0. The van der Waals surface area contributed by atoms with Crippen LogP contribution in [-0.4, -0.2) is 25.2 Å². The summed E-state index contributed by atoms with van der Waals surface area (Å²) in [5.74, 6) is 0.682. The average Bonchev–Trinajstić information content (AvgIpc) is 2.37. The Hall–Kier alpha value is -1.02. The Kier molecular flexibility index (Phi) is 3.91. The highest BCUT2D eigenvalue weighted by atomic mass is 15.2. The van der Waals surface area contributed by atoms with Gasteiger partial charge in [-0.25, -0.2) is 0 Å². The van der Waals surface area contributed by atoms with Crippen molar-refractivity contribution in [1.29, 1.82) is 0 Å². The molecule has 1 unspecified atom stereocenters. The van der Waals surface area contributed by atoms with Crippen molar-refractivity contribution in [3.8, 4) is 0 Å². The first kappa shape index (κ1) is 14.4. The van der Waals surface area contributed by atoms with Crippen molar-refractivity contribution in [2.45, 2.75) is 47.1 Å². The molecule has 1 aliphatic heterocycles. The maximum atomic E-state index is 3.60. The molecule has 1 aromatic rings. The van der Waals surface area contributed by atoms with E-state index in [1.54, 1.807) is 0 Å². The Morgan fingerprint density at radius 1 is 1.16 bits per heavy atom. The second-order valence-corrected chi connectivity index (χ2v) is 6.91. The zero-order valence-electron chi connectivity index (χ0n) is 13.3. The Labute approximate surface area is 118 Å². The van der Waals surface area contributed by atoms with Gasteiger partial charge in [0, 0.05) is 24.3 Å². The lowest BCUT2D eigenvalue weighted by molar-refractivity contribution is 0.459. The monoisotopic (exact) mass is 260 g/mol. The van der Waals surface area contributed by atoms with Gasteiger partial charge in [-0.05, 0) is 58.2 Å². The van der Waals surface area contributed by atoms with Gasteiger partial charge in [0.25, 0.3) is 0 Å². The minimum Gasteiger partial charge on any atom is -0.364 e. The number of hydrogen-bond acceptors (Lipinski definition) is 2. The van der Waals surface area contributed by atoms with Crippen molar-refractivity contribution in [1.82, 2.24) is 5.32 Å². The number of benzene rings is 1. The molecule has 1 fully saturated rings. The highest BCUT2D eigenvalue weighted by Crippen LogP contribution is 2.33. The summed E-state index contributed by atoms with van der Waals surface area (Å²) in [7, 11) is 0. The molecule has 1 aliphatic rings. The van der Waals surface area contributed by atoms with Gasteiger partial charge in [0.2, 0.25) is 0 Å². The molecular weight excluding hydrogens is 232 g/mol. The highest BCUT2D eigenvalue weighted by molar-refractivity contribution is 5.62. The second-order valence-electron chi connectivity index (χ2n) is 6.91. The summed E-state index contributed by atoms with van der Waals surface area (Å²) in [5.41, 5.74) is 5.76. The fraction of sp³-hybridized carbons (Fsp3) is 0.647. The molecular formula is C17H28N2. The van der Waals surface area contributed by atoms with Crippen LogP contribution < -0.4 is 10.2 Å². The third-order valence-electron chi connectivity index (χ3n) is 4.18. The molecule has 1 aromatic carbocycles. The van der Waals surface area contributed by atoms with Crippen LogP contribution in [0.25, 0.3) is 0 Å². The Morgan fingerprint density at radius 2 is 1.74 bits per heavy atom. The number of rotatable bonds is 1. The predicted octanol–water partition coefficient (Wildman–Crippen LogP) is 3.44. The van der Waals surface area contributed by atoms with E-state index in [4.69, 9.17) is 0 Å². The van der Waals surface area contributed by atoms with Crippen LogP contribution in [-0.2, 0) is 0 Å². The minimum absolute atomic E-state index is 0.162. The summed E-state index contributed by atoms with van der Waals surface area (Å²) in [4.78, 5) is 2.61.